The quantitative estimate of drug-likeness (QED) is 0.770. The van der Waals surface area contributed by atoms with Crippen molar-refractivity contribution in [2.45, 2.75) is 44.2 Å². The highest BCUT2D eigenvalue weighted by Gasteiger charge is 2.27. The van der Waals surface area contributed by atoms with Gasteiger partial charge in [0.25, 0.3) is 0 Å². The lowest BCUT2D eigenvalue weighted by Gasteiger charge is -2.24. The second kappa shape index (κ2) is 8.74. The van der Waals surface area contributed by atoms with Crippen LogP contribution in [0.2, 0.25) is 0 Å². The Labute approximate surface area is 161 Å². The van der Waals surface area contributed by atoms with Crippen LogP contribution in [0.15, 0.2) is 53.4 Å². The maximum absolute atomic E-state index is 12.4. The molecule has 0 aliphatic carbocycles. The van der Waals surface area contributed by atoms with Crippen LogP contribution in [0, 0.1) is 13.8 Å². The van der Waals surface area contributed by atoms with Crippen molar-refractivity contribution in [3.63, 3.8) is 0 Å². The number of benzene rings is 2. The van der Waals surface area contributed by atoms with Crippen LogP contribution in [0.25, 0.3) is 0 Å². The number of nitrogens with one attached hydrogen (secondary N) is 1. The van der Waals surface area contributed by atoms with Crippen molar-refractivity contribution in [1.29, 1.82) is 0 Å². The fourth-order valence-corrected chi connectivity index (χ4v) is 4.41. The largest absolute Gasteiger partial charge is 0.351 e. The van der Waals surface area contributed by atoms with Gasteiger partial charge in [-0.1, -0.05) is 48.0 Å². The number of carbonyl (C=O) groups excluding carboxylic acids is 1. The van der Waals surface area contributed by atoms with Crippen LogP contribution < -0.4 is 5.32 Å². The summed E-state index contributed by atoms with van der Waals surface area (Å²) in [7, 11) is 0. The van der Waals surface area contributed by atoms with Gasteiger partial charge in [-0.05, 0) is 44.4 Å². The zero-order valence-electron chi connectivity index (χ0n) is 15.9. The summed E-state index contributed by atoms with van der Waals surface area (Å²) < 4.78 is 0. The Bertz CT molecular complexity index is 747. The summed E-state index contributed by atoms with van der Waals surface area (Å²) in [5, 5.41) is 3.22. The number of hydrogen-bond donors (Lipinski definition) is 1. The summed E-state index contributed by atoms with van der Waals surface area (Å²) in [6.07, 6.45) is 1.02. The van der Waals surface area contributed by atoms with Gasteiger partial charge in [-0.3, -0.25) is 9.69 Å². The standard InChI is InChI=1S/C22H28N2OS/c1-16-9-10-17(2)21(13-16)26-15-22(25)23-20-11-12-24(14-20)18(3)19-7-5-4-6-8-19/h4-10,13,18,20H,11-12,14-15H2,1-3H3,(H,23,25). The van der Waals surface area contributed by atoms with Crippen LogP contribution in [-0.2, 0) is 4.79 Å². The number of aryl methyl sites for hydroxylation is 2. The van der Waals surface area contributed by atoms with Crippen molar-refractivity contribution < 1.29 is 4.79 Å². The molecule has 0 spiro atoms. The SMILES string of the molecule is Cc1ccc(C)c(SCC(=O)NC2CCN(C(C)c3ccccc3)C2)c1. The first-order valence-electron chi connectivity index (χ1n) is 9.31. The Morgan fingerprint density at radius 3 is 2.77 bits per heavy atom. The molecule has 0 bridgehead atoms. The molecule has 0 saturated carbocycles. The van der Waals surface area contributed by atoms with Crippen LogP contribution in [0.3, 0.4) is 0 Å². The summed E-state index contributed by atoms with van der Waals surface area (Å²) in [6, 6.07) is 17.6. The second-order valence-corrected chi connectivity index (χ2v) is 8.21. The third-order valence-corrected chi connectivity index (χ3v) is 6.27. The van der Waals surface area contributed by atoms with E-state index < -0.39 is 0 Å². The fourth-order valence-electron chi connectivity index (χ4n) is 3.47. The highest BCUT2D eigenvalue weighted by Crippen LogP contribution is 2.25. The van der Waals surface area contributed by atoms with Gasteiger partial charge in [-0.15, -0.1) is 11.8 Å². The topological polar surface area (TPSA) is 32.3 Å². The summed E-state index contributed by atoms with van der Waals surface area (Å²) in [4.78, 5) is 16.0. The minimum absolute atomic E-state index is 0.134. The van der Waals surface area contributed by atoms with Gasteiger partial charge >= 0.3 is 0 Å². The fraction of sp³-hybridized carbons (Fsp3) is 0.409. The average Bonchev–Trinajstić information content (AvgIpc) is 3.11. The van der Waals surface area contributed by atoms with E-state index >= 15 is 0 Å². The molecule has 1 aliphatic rings. The monoisotopic (exact) mass is 368 g/mol. The first-order valence-corrected chi connectivity index (χ1v) is 10.3. The predicted octanol–water partition coefficient (Wildman–Crippen LogP) is 4.35. The molecule has 3 nitrogen and oxygen atoms in total. The van der Waals surface area contributed by atoms with Gasteiger partial charge in [0, 0.05) is 30.1 Å². The highest BCUT2D eigenvalue weighted by molar-refractivity contribution is 8.00. The third-order valence-electron chi connectivity index (χ3n) is 5.12. The summed E-state index contributed by atoms with van der Waals surface area (Å²) in [5.74, 6) is 0.616. The molecule has 26 heavy (non-hydrogen) atoms. The van der Waals surface area contributed by atoms with Crippen LogP contribution in [0.1, 0.15) is 36.1 Å². The number of likely N-dealkylation sites (tertiary alicyclic amines) is 1. The molecule has 138 valence electrons. The molecule has 4 heteroatoms. The Morgan fingerprint density at radius 1 is 1.23 bits per heavy atom. The van der Waals surface area contributed by atoms with Gasteiger partial charge in [0.15, 0.2) is 0 Å². The van der Waals surface area contributed by atoms with Crippen molar-refractivity contribution in [1.82, 2.24) is 10.2 Å². The van der Waals surface area contributed by atoms with E-state index in [1.165, 1.54) is 21.6 Å². The van der Waals surface area contributed by atoms with Crippen molar-refractivity contribution in [2.75, 3.05) is 18.8 Å². The van der Waals surface area contributed by atoms with E-state index in [1.54, 1.807) is 11.8 Å². The summed E-state index contributed by atoms with van der Waals surface area (Å²) >= 11 is 1.63. The normalized spacial score (nSPS) is 18.7. The first-order chi connectivity index (χ1) is 12.5. The van der Waals surface area contributed by atoms with Gasteiger partial charge in [0.1, 0.15) is 0 Å². The van der Waals surface area contributed by atoms with Crippen molar-refractivity contribution >= 4 is 17.7 Å². The van der Waals surface area contributed by atoms with Crippen molar-refractivity contribution in [2.24, 2.45) is 0 Å². The third kappa shape index (κ3) is 4.89. The number of thioether (sulfide) groups is 1. The molecule has 1 saturated heterocycles. The Kier molecular flexibility index (Phi) is 6.38. The maximum atomic E-state index is 12.4. The first kappa shape index (κ1) is 19.0. The molecule has 2 aromatic carbocycles. The molecule has 1 N–H and O–H groups in total. The average molecular weight is 369 g/mol. The lowest BCUT2D eigenvalue weighted by Crippen LogP contribution is -2.38. The predicted molar refractivity (Wildman–Crippen MR) is 110 cm³/mol. The minimum Gasteiger partial charge on any atom is -0.351 e. The minimum atomic E-state index is 0.134. The summed E-state index contributed by atoms with van der Waals surface area (Å²) in [5.41, 5.74) is 3.81. The van der Waals surface area contributed by atoms with E-state index in [9.17, 15) is 4.79 Å². The second-order valence-electron chi connectivity index (χ2n) is 7.19. The molecule has 1 aliphatic heterocycles. The van der Waals surface area contributed by atoms with Crippen LogP contribution in [0.4, 0.5) is 0 Å². The lowest BCUT2D eigenvalue weighted by molar-refractivity contribution is -0.119. The zero-order chi connectivity index (χ0) is 18.5. The molecule has 0 aromatic heterocycles. The number of hydrogen-bond acceptors (Lipinski definition) is 3. The van der Waals surface area contributed by atoms with Gasteiger partial charge in [0.05, 0.1) is 5.75 Å². The Morgan fingerprint density at radius 2 is 2.00 bits per heavy atom. The van der Waals surface area contributed by atoms with E-state index in [0.29, 0.717) is 11.8 Å². The molecule has 3 rings (SSSR count). The number of amides is 1. The number of carbonyl (C=O) groups is 1. The molecule has 1 amide bonds. The molecule has 2 atom stereocenters. The maximum Gasteiger partial charge on any atom is 0.230 e. The zero-order valence-corrected chi connectivity index (χ0v) is 16.7. The van der Waals surface area contributed by atoms with Gasteiger partial charge in [-0.2, -0.15) is 0 Å². The van der Waals surface area contributed by atoms with Gasteiger partial charge < -0.3 is 5.32 Å². The van der Waals surface area contributed by atoms with Crippen LogP contribution in [0.5, 0.6) is 0 Å². The molecular formula is C22H28N2OS. The lowest BCUT2D eigenvalue weighted by atomic mass is 10.1. The Balaban J connectivity index is 1.47. The van der Waals surface area contributed by atoms with Crippen LogP contribution in [-0.4, -0.2) is 35.7 Å². The van der Waals surface area contributed by atoms with Gasteiger partial charge in [0.2, 0.25) is 5.91 Å². The van der Waals surface area contributed by atoms with Crippen molar-refractivity contribution in [3.8, 4) is 0 Å². The molecule has 1 heterocycles. The Hall–Kier alpha value is -1.78. The molecular weight excluding hydrogens is 340 g/mol. The van der Waals surface area contributed by atoms with Crippen molar-refractivity contribution in [3.05, 3.63) is 65.2 Å². The molecule has 2 unspecified atom stereocenters. The number of rotatable bonds is 6. The molecule has 0 radical (unpaired) electrons. The molecule has 1 fully saturated rings. The smallest absolute Gasteiger partial charge is 0.230 e. The highest BCUT2D eigenvalue weighted by atomic mass is 32.2. The van der Waals surface area contributed by atoms with E-state index in [1.807, 2.05) is 0 Å². The van der Waals surface area contributed by atoms with E-state index in [0.717, 1.165) is 19.5 Å². The van der Waals surface area contributed by atoms with E-state index in [4.69, 9.17) is 0 Å². The van der Waals surface area contributed by atoms with E-state index in [-0.39, 0.29) is 11.9 Å². The van der Waals surface area contributed by atoms with Crippen LogP contribution >= 0.6 is 11.8 Å². The van der Waals surface area contributed by atoms with E-state index in [2.05, 4.69) is 79.5 Å². The van der Waals surface area contributed by atoms with Gasteiger partial charge in [-0.25, -0.2) is 0 Å². The molecule has 2 aromatic rings. The number of nitrogens with zero attached hydrogens (tertiary/aromatic N) is 1. The summed E-state index contributed by atoms with van der Waals surface area (Å²) in [6.45, 7) is 8.39.